The maximum atomic E-state index is 5.70. The topological polar surface area (TPSA) is 12.5 Å². The number of hydrogen-bond donors (Lipinski definition) is 0. The van der Waals surface area contributed by atoms with Crippen LogP contribution in [0.3, 0.4) is 0 Å². The van der Waals surface area contributed by atoms with E-state index in [1.54, 1.807) is 0 Å². The summed E-state index contributed by atoms with van der Waals surface area (Å²) in [5.74, 6) is 1.74. The van der Waals surface area contributed by atoms with Crippen molar-refractivity contribution < 1.29 is 4.74 Å². The van der Waals surface area contributed by atoms with Crippen LogP contribution < -0.4 is 4.74 Å². The van der Waals surface area contributed by atoms with Crippen LogP contribution in [0, 0.1) is 0 Å². The third-order valence-electron chi connectivity index (χ3n) is 3.37. The number of nitrogens with zero attached hydrogens (tertiary/aromatic N) is 1. The molecule has 22 heavy (non-hydrogen) atoms. The van der Waals surface area contributed by atoms with E-state index in [0.717, 1.165) is 16.8 Å². The van der Waals surface area contributed by atoms with E-state index in [2.05, 4.69) is 47.7 Å². The lowest BCUT2D eigenvalue weighted by Gasteiger charge is -2.13. The van der Waals surface area contributed by atoms with Gasteiger partial charge in [-0.25, -0.2) is 0 Å². The quantitative estimate of drug-likeness (QED) is 0.608. The molecular weight excluding hydrogens is 338 g/mol. The summed E-state index contributed by atoms with van der Waals surface area (Å²) >= 11 is 3.42. The molecule has 0 aliphatic carbocycles. The van der Waals surface area contributed by atoms with Crippen LogP contribution in [0.25, 0.3) is 0 Å². The van der Waals surface area contributed by atoms with Gasteiger partial charge in [-0.05, 0) is 49.5 Å². The highest BCUT2D eigenvalue weighted by Gasteiger charge is 1.97. The van der Waals surface area contributed by atoms with Crippen molar-refractivity contribution in [3.8, 4) is 11.5 Å². The van der Waals surface area contributed by atoms with E-state index in [0.29, 0.717) is 0 Å². The molecule has 0 aliphatic rings. The molecule has 2 aromatic rings. The van der Waals surface area contributed by atoms with Crippen LogP contribution in [0.1, 0.15) is 26.3 Å². The Morgan fingerprint density at radius 1 is 0.818 bits per heavy atom. The molecule has 120 valence electrons. The van der Waals surface area contributed by atoms with E-state index < -0.39 is 0 Å². The zero-order chi connectivity index (χ0) is 16.2. The van der Waals surface area contributed by atoms with Gasteiger partial charge in [0.1, 0.15) is 11.5 Å². The van der Waals surface area contributed by atoms with Crippen molar-refractivity contribution in [2.45, 2.75) is 26.1 Å². The fraction of sp³-hybridized carbons (Fsp3) is 0.368. The Hall–Kier alpha value is -1.32. The second kappa shape index (κ2) is 11.3. The molecule has 0 fully saturated rings. The van der Waals surface area contributed by atoms with Gasteiger partial charge in [0.25, 0.3) is 0 Å². The maximum Gasteiger partial charge on any atom is 0.127 e. The van der Waals surface area contributed by atoms with Crippen LogP contribution in [0.5, 0.6) is 11.5 Å². The number of halogens is 1. The van der Waals surface area contributed by atoms with Crippen LogP contribution >= 0.6 is 15.9 Å². The van der Waals surface area contributed by atoms with Gasteiger partial charge in [0, 0.05) is 5.33 Å². The monoisotopic (exact) mass is 363 g/mol. The van der Waals surface area contributed by atoms with Gasteiger partial charge in [-0.2, -0.15) is 0 Å². The van der Waals surface area contributed by atoms with Gasteiger partial charge in [-0.3, -0.25) is 0 Å². The number of hydrogen-bond acceptors (Lipinski definition) is 2. The van der Waals surface area contributed by atoms with Crippen LogP contribution in [0.15, 0.2) is 54.6 Å². The minimum Gasteiger partial charge on any atom is -0.457 e. The average Bonchev–Trinajstić information content (AvgIpc) is 2.58. The summed E-state index contributed by atoms with van der Waals surface area (Å²) in [6.07, 6.45) is 0. The Bertz CT molecular complexity index is 506. The van der Waals surface area contributed by atoms with E-state index in [-0.39, 0.29) is 0 Å². The van der Waals surface area contributed by atoms with Gasteiger partial charge in [0.15, 0.2) is 0 Å². The first-order valence-corrected chi connectivity index (χ1v) is 8.95. The predicted octanol–water partition coefficient (Wildman–Crippen LogP) is 5.72. The first kappa shape index (κ1) is 18.7. The molecule has 0 aliphatic heterocycles. The Labute approximate surface area is 143 Å². The first-order valence-electron chi connectivity index (χ1n) is 7.83. The summed E-state index contributed by atoms with van der Waals surface area (Å²) in [6.45, 7) is 10.1. The molecule has 0 saturated carbocycles. The Kier molecular flexibility index (Phi) is 9.60. The number of ether oxygens (including phenoxy) is 1. The standard InChI is InChI=1S/C13H11BrO.C6H15N/c14-10-11-5-4-8-13(9-11)15-12-6-2-1-3-7-12;1-4-7(5-2)6-3/h1-9H,10H2;4-6H2,1-3H3. The molecule has 3 heteroatoms. The second-order valence-corrected chi connectivity index (χ2v) is 5.38. The number of benzene rings is 2. The van der Waals surface area contributed by atoms with E-state index in [4.69, 9.17) is 4.74 Å². The highest BCUT2D eigenvalue weighted by Crippen LogP contribution is 2.22. The van der Waals surface area contributed by atoms with Crippen molar-refractivity contribution in [3.63, 3.8) is 0 Å². The lowest BCUT2D eigenvalue weighted by Crippen LogP contribution is -2.21. The average molecular weight is 364 g/mol. The summed E-state index contributed by atoms with van der Waals surface area (Å²) in [5, 5.41) is 0.846. The fourth-order valence-corrected chi connectivity index (χ4v) is 2.34. The minimum atomic E-state index is 0.846. The van der Waals surface area contributed by atoms with E-state index >= 15 is 0 Å². The molecule has 0 spiro atoms. The van der Waals surface area contributed by atoms with Gasteiger partial charge in [0.05, 0.1) is 0 Å². The SMILES string of the molecule is BrCc1cccc(Oc2ccccc2)c1.CCN(CC)CC. The van der Waals surface area contributed by atoms with Crippen molar-refractivity contribution in [2.75, 3.05) is 19.6 Å². The first-order chi connectivity index (χ1) is 10.7. The molecule has 2 nitrogen and oxygen atoms in total. The molecule has 0 bridgehead atoms. The van der Waals surface area contributed by atoms with Gasteiger partial charge >= 0.3 is 0 Å². The van der Waals surface area contributed by atoms with Crippen molar-refractivity contribution >= 4 is 15.9 Å². The molecular formula is C19H26BrNO. The molecule has 0 amide bonds. The Balaban J connectivity index is 0.000000295. The summed E-state index contributed by atoms with van der Waals surface area (Å²) in [4.78, 5) is 2.38. The lowest BCUT2D eigenvalue weighted by molar-refractivity contribution is 0.321. The normalized spacial score (nSPS) is 10.0. The van der Waals surface area contributed by atoms with E-state index in [1.165, 1.54) is 25.2 Å². The Morgan fingerprint density at radius 2 is 1.41 bits per heavy atom. The van der Waals surface area contributed by atoms with Crippen LogP contribution in [-0.4, -0.2) is 24.5 Å². The van der Waals surface area contributed by atoms with Gasteiger partial charge in [0.2, 0.25) is 0 Å². The zero-order valence-electron chi connectivity index (χ0n) is 13.8. The lowest BCUT2D eigenvalue weighted by atomic mass is 10.2. The molecule has 0 saturated heterocycles. The molecule has 2 rings (SSSR count). The van der Waals surface area contributed by atoms with E-state index in [1.807, 2.05) is 48.5 Å². The molecule has 0 aromatic heterocycles. The molecule has 2 aromatic carbocycles. The van der Waals surface area contributed by atoms with Gasteiger partial charge in [-0.1, -0.05) is 67.0 Å². The smallest absolute Gasteiger partial charge is 0.127 e. The summed E-state index contributed by atoms with van der Waals surface area (Å²) in [6, 6.07) is 17.8. The van der Waals surface area contributed by atoms with Crippen molar-refractivity contribution in [2.24, 2.45) is 0 Å². The number of para-hydroxylation sites is 1. The van der Waals surface area contributed by atoms with Crippen molar-refractivity contribution in [1.82, 2.24) is 4.90 Å². The highest BCUT2D eigenvalue weighted by atomic mass is 79.9. The third-order valence-corrected chi connectivity index (χ3v) is 4.02. The summed E-state index contributed by atoms with van der Waals surface area (Å²) < 4.78 is 5.70. The van der Waals surface area contributed by atoms with Crippen molar-refractivity contribution in [1.29, 1.82) is 0 Å². The van der Waals surface area contributed by atoms with Crippen LogP contribution in [0.2, 0.25) is 0 Å². The van der Waals surface area contributed by atoms with Gasteiger partial charge < -0.3 is 9.64 Å². The molecule has 0 radical (unpaired) electrons. The van der Waals surface area contributed by atoms with Crippen LogP contribution in [-0.2, 0) is 5.33 Å². The molecule has 0 heterocycles. The molecule has 0 N–H and O–H groups in total. The number of rotatable bonds is 6. The number of alkyl halides is 1. The maximum absolute atomic E-state index is 5.70. The highest BCUT2D eigenvalue weighted by molar-refractivity contribution is 9.08. The largest absolute Gasteiger partial charge is 0.457 e. The van der Waals surface area contributed by atoms with Gasteiger partial charge in [-0.15, -0.1) is 0 Å². The second-order valence-electron chi connectivity index (χ2n) is 4.82. The summed E-state index contributed by atoms with van der Waals surface area (Å²) in [7, 11) is 0. The third kappa shape index (κ3) is 7.10. The molecule has 0 unspecified atom stereocenters. The minimum absolute atomic E-state index is 0.846. The zero-order valence-corrected chi connectivity index (χ0v) is 15.3. The summed E-state index contributed by atoms with van der Waals surface area (Å²) in [5.41, 5.74) is 1.21. The Morgan fingerprint density at radius 3 is 1.91 bits per heavy atom. The van der Waals surface area contributed by atoms with Crippen molar-refractivity contribution in [3.05, 3.63) is 60.2 Å². The predicted molar refractivity (Wildman–Crippen MR) is 99.1 cm³/mol. The molecule has 0 atom stereocenters. The fourth-order valence-electron chi connectivity index (χ4n) is 1.99. The van der Waals surface area contributed by atoms with E-state index in [9.17, 15) is 0 Å². The van der Waals surface area contributed by atoms with Crippen LogP contribution in [0.4, 0.5) is 0 Å².